The maximum atomic E-state index is 11.2. The van der Waals surface area contributed by atoms with E-state index in [1.54, 1.807) is 30.3 Å². The van der Waals surface area contributed by atoms with Gasteiger partial charge in [0.1, 0.15) is 5.82 Å². The summed E-state index contributed by atoms with van der Waals surface area (Å²) in [4.78, 5) is 0. The van der Waals surface area contributed by atoms with Crippen molar-refractivity contribution in [3.63, 3.8) is 0 Å². The molecular weight excluding hydrogens is 252 g/mol. The molecule has 1 N–H and O–H groups in total. The summed E-state index contributed by atoms with van der Waals surface area (Å²) in [5.74, 6) is 0.349. The van der Waals surface area contributed by atoms with Gasteiger partial charge in [0.15, 0.2) is 0 Å². The molecule has 2 aromatic rings. The predicted octanol–water partition coefficient (Wildman–Crippen LogP) is 1.12. The van der Waals surface area contributed by atoms with E-state index in [1.807, 2.05) is 6.07 Å². The molecule has 1 aromatic heterocycles. The second-order valence-electron chi connectivity index (χ2n) is 3.66. The summed E-state index contributed by atoms with van der Waals surface area (Å²) in [5.41, 5.74) is 1.20. The summed E-state index contributed by atoms with van der Waals surface area (Å²) in [5, 5.41) is 12.7. The Hall–Kier alpha value is -2.33. The van der Waals surface area contributed by atoms with Gasteiger partial charge in [-0.3, -0.25) is 4.72 Å². The highest BCUT2D eigenvalue weighted by Gasteiger charge is 2.09. The summed E-state index contributed by atoms with van der Waals surface area (Å²) >= 11 is 0. The van der Waals surface area contributed by atoms with Gasteiger partial charge in [0, 0.05) is 6.07 Å². The molecule has 0 aliphatic carbocycles. The molecule has 0 saturated carbocycles. The van der Waals surface area contributed by atoms with Crippen molar-refractivity contribution in [2.45, 2.75) is 0 Å². The van der Waals surface area contributed by atoms with Gasteiger partial charge in [0.2, 0.25) is 10.0 Å². The molecule has 0 aliphatic heterocycles. The molecule has 18 heavy (non-hydrogen) atoms. The van der Waals surface area contributed by atoms with Crippen LogP contribution in [0.15, 0.2) is 36.5 Å². The van der Waals surface area contributed by atoms with E-state index in [-0.39, 0.29) is 0 Å². The van der Waals surface area contributed by atoms with Crippen LogP contribution in [-0.4, -0.2) is 24.5 Å². The summed E-state index contributed by atoms with van der Waals surface area (Å²) in [7, 11) is -3.35. The number of aromatic nitrogens is 2. The molecule has 0 saturated heterocycles. The van der Waals surface area contributed by atoms with Crippen molar-refractivity contribution < 1.29 is 8.42 Å². The molecule has 0 atom stereocenters. The fraction of sp³-hybridized carbons (Fsp3) is 0.0909. The average Bonchev–Trinajstić information content (AvgIpc) is 2.75. The van der Waals surface area contributed by atoms with Gasteiger partial charge in [-0.2, -0.15) is 10.4 Å². The SMILES string of the molecule is CS(=O)(=O)Nc1ccnn1-c1ccc(C#N)cc1. The summed E-state index contributed by atoms with van der Waals surface area (Å²) < 4.78 is 26.2. The maximum absolute atomic E-state index is 11.2. The molecule has 0 amide bonds. The molecule has 1 aromatic carbocycles. The van der Waals surface area contributed by atoms with Crippen molar-refractivity contribution in [3.8, 4) is 11.8 Å². The third-order valence-electron chi connectivity index (χ3n) is 2.17. The van der Waals surface area contributed by atoms with Gasteiger partial charge >= 0.3 is 0 Å². The molecule has 92 valence electrons. The maximum Gasteiger partial charge on any atom is 0.230 e. The van der Waals surface area contributed by atoms with Crippen LogP contribution in [0.1, 0.15) is 5.56 Å². The quantitative estimate of drug-likeness (QED) is 0.897. The molecule has 0 radical (unpaired) electrons. The molecule has 0 spiro atoms. The van der Waals surface area contributed by atoms with E-state index in [9.17, 15) is 8.42 Å². The predicted molar refractivity (Wildman–Crippen MR) is 66.7 cm³/mol. The van der Waals surface area contributed by atoms with Gasteiger partial charge in [-0.05, 0) is 24.3 Å². The minimum atomic E-state index is -3.35. The van der Waals surface area contributed by atoms with E-state index in [1.165, 1.54) is 10.9 Å². The zero-order valence-electron chi connectivity index (χ0n) is 9.53. The second-order valence-corrected chi connectivity index (χ2v) is 5.41. The molecule has 6 nitrogen and oxygen atoms in total. The van der Waals surface area contributed by atoms with Crippen LogP contribution < -0.4 is 4.72 Å². The normalized spacial score (nSPS) is 10.9. The van der Waals surface area contributed by atoms with Gasteiger partial charge in [0.25, 0.3) is 0 Å². The van der Waals surface area contributed by atoms with Crippen LogP contribution in [0.4, 0.5) is 5.82 Å². The number of benzene rings is 1. The molecule has 0 aliphatic rings. The molecule has 0 fully saturated rings. The van der Waals surface area contributed by atoms with Crippen LogP contribution in [0.25, 0.3) is 5.69 Å². The Kier molecular flexibility index (Phi) is 3.04. The number of sulfonamides is 1. The number of rotatable bonds is 3. The van der Waals surface area contributed by atoms with Crippen LogP contribution in [0.2, 0.25) is 0 Å². The van der Waals surface area contributed by atoms with E-state index >= 15 is 0 Å². The number of anilines is 1. The van der Waals surface area contributed by atoms with Crippen molar-refractivity contribution in [1.29, 1.82) is 5.26 Å². The number of nitrogens with zero attached hydrogens (tertiary/aromatic N) is 3. The van der Waals surface area contributed by atoms with E-state index in [2.05, 4.69) is 9.82 Å². The first kappa shape index (κ1) is 12.1. The van der Waals surface area contributed by atoms with Gasteiger partial charge in [-0.1, -0.05) is 0 Å². The zero-order valence-corrected chi connectivity index (χ0v) is 10.3. The fourth-order valence-electron chi connectivity index (χ4n) is 1.45. The first-order valence-electron chi connectivity index (χ1n) is 5.02. The standard InChI is InChI=1S/C11H10N4O2S/c1-18(16,17)14-11-6-7-13-15(11)10-4-2-9(8-12)3-5-10/h2-7,14H,1H3. The van der Waals surface area contributed by atoms with Crippen molar-refractivity contribution >= 4 is 15.8 Å². The number of nitrogens with one attached hydrogen (secondary N) is 1. The molecule has 0 bridgehead atoms. The summed E-state index contributed by atoms with van der Waals surface area (Å²) in [6.45, 7) is 0. The Morgan fingerprint density at radius 3 is 2.50 bits per heavy atom. The average molecular weight is 262 g/mol. The monoisotopic (exact) mass is 262 g/mol. The molecule has 2 rings (SSSR count). The van der Waals surface area contributed by atoms with Gasteiger partial charge in [-0.15, -0.1) is 0 Å². The third kappa shape index (κ3) is 2.67. The van der Waals surface area contributed by atoms with Crippen molar-refractivity contribution in [2.75, 3.05) is 11.0 Å². The highest BCUT2D eigenvalue weighted by Crippen LogP contribution is 2.16. The van der Waals surface area contributed by atoms with Crippen LogP contribution in [-0.2, 0) is 10.0 Å². The molecule has 1 heterocycles. The Morgan fingerprint density at radius 2 is 1.94 bits per heavy atom. The lowest BCUT2D eigenvalue weighted by Gasteiger charge is -2.08. The lowest BCUT2D eigenvalue weighted by Crippen LogP contribution is -2.13. The number of hydrogen-bond donors (Lipinski definition) is 1. The minimum absolute atomic E-state index is 0.349. The van der Waals surface area contributed by atoms with Gasteiger partial charge in [0.05, 0.1) is 29.8 Å². The highest BCUT2D eigenvalue weighted by molar-refractivity contribution is 7.92. The highest BCUT2D eigenvalue weighted by atomic mass is 32.2. The lowest BCUT2D eigenvalue weighted by molar-refractivity contribution is 0.606. The van der Waals surface area contributed by atoms with E-state index in [0.717, 1.165) is 6.26 Å². The van der Waals surface area contributed by atoms with Crippen molar-refractivity contribution in [2.24, 2.45) is 0 Å². The van der Waals surface area contributed by atoms with Crippen LogP contribution in [0, 0.1) is 11.3 Å². The largest absolute Gasteiger partial charge is 0.267 e. The fourth-order valence-corrected chi connectivity index (χ4v) is 1.99. The Bertz CT molecular complexity index is 695. The van der Waals surface area contributed by atoms with Crippen molar-refractivity contribution in [1.82, 2.24) is 9.78 Å². The van der Waals surface area contributed by atoms with E-state index in [0.29, 0.717) is 17.1 Å². The van der Waals surface area contributed by atoms with Crippen molar-refractivity contribution in [3.05, 3.63) is 42.1 Å². The minimum Gasteiger partial charge on any atom is -0.267 e. The van der Waals surface area contributed by atoms with Gasteiger partial charge < -0.3 is 0 Å². The third-order valence-corrected chi connectivity index (χ3v) is 2.75. The van der Waals surface area contributed by atoms with Gasteiger partial charge in [-0.25, -0.2) is 13.1 Å². The smallest absolute Gasteiger partial charge is 0.230 e. The summed E-state index contributed by atoms with van der Waals surface area (Å²) in [6, 6.07) is 10.2. The Morgan fingerprint density at radius 1 is 1.28 bits per heavy atom. The van der Waals surface area contributed by atoms with Crippen LogP contribution >= 0.6 is 0 Å². The number of hydrogen-bond acceptors (Lipinski definition) is 4. The van der Waals surface area contributed by atoms with E-state index < -0.39 is 10.0 Å². The zero-order chi connectivity index (χ0) is 13.2. The summed E-state index contributed by atoms with van der Waals surface area (Å²) in [6.07, 6.45) is 2.56. The lowest BCUT2D eigenvalue weighted by atomic mass is 10.2. The Balaban J connectivity index is 2.39. The first-order valence-corrected chi connectivity index (χ1v) is 6.91. The van der Waals surface area contributed by atoms with Crippen LogP contribution in [0.3, 0.4) is 0 Å². The van der Waals surface area contributed by atoms with Crippen LogP contribution in [0.5, 0.6) is 0 Å². The number of nitriles is 1. The molecule has 7 heteroatoms. The topological polar surface area (TPSA) is 87.8 Å². The van der Waals surface area contributed by atoms with E-state index in [4.69, 9.17) is 5.26 Å². The second kappa shape index (κ2) is 4.50. The molecular formula is C11H10N4O2S. The molecule has 0 unspecified atom stereocenters. The first-order chi connectivity index (χ1) is 8.49. The Labute approximate surface area is 105 Å².